The molecule has 1 amide bonds. The van der Waals surface area contributed by atoms with E-state index < -0.39 is 5.91 Å². The van der Waals surface area contributed by atoms with Gasteiger partial charge >= 0.3 is 0 Å². The summed E-state index contributed by atoms with van der Waals surface area (Å²) < 4.78 is 6.64. The Morgan fingerprint density at radius 3 is 2.71 bits per heavy atom. The number of carbonyl (C=O) groups excluding carboxylic acids is 1. The van der Waals surface area contributed by atoms with Gasteiger partial charge in [-0.1, -0.05) is 5.16 Å². The molecule has 3 heterocycles. The second-order valence-corrected chi connectivity index (χ2v) is 4.40. The number of aryl methyl sites for hydroxylation is 2. The Labute approximate surface area is 119 Å². The van der Waals surface area contributed by atoms with Crippen LogP contribution in [0.1, 0.15) is 22.1 Å². The summed E-state index contributed by atoms with van der Waals surface area (Å²) in [6.07, 6.45) is 3.45. The molecule has 0 radical (unpaired) electrons. The zero-order chi connectivity index (χ0) is 14.8. The smallest absolute Gasteiger partial charge is 0.277 e. The molecular formula is C13H12N6O2. The molecule has 0 unspecified atom stereocenters. The number of amides is 1. The van der Waals surface area contributed by atoms with Crippen molar-refractivity contribution in [1.82, 2.24) is 24.9 Å². The largest absolute Gasteiger partial charge is 0.360 e. The lowest BCUT2D eigenvalue weighted by atomic mass is 10.3. The van der Waals surface area contributed by atoms with Crippen LogP contribution in [-0.2, 0) is 0 Å². The lowest BCUT2D eigenvalue weighted by Crippen LogP contribution is -2.15. The molecule has 1 N–H and O–H groups in total. The van der Waals surface area contributed by atoms with Gasteiger partial charge in [-0.05, 0) is 26.0 Å². The van der Waals surface area contributed by atoms with E-state index in [4.69, 9.17) is 4.52 Å². The van der Waals surface area contributed by atoms with Crippen LogP contribution in [0.15, 0.2) is 35.1 Å². The van der Waals surface area contributed by atoms with Crippen LogP contribution in [0.25, 0.3) is 5.82 Å². The van der Waals surface area contributed by atoms with Gasteiger partial charge in [0.05, 0.1) is 0 Å². The first-order valence-electron chi connectivity index (χ1n) is 6.22. The quantitative estimate of drug-likeness (QED) is 0.782. The average Bonchev–Trinajstić information content (AvgIpc) is 3.08. The number of aromatic nitrogens is 5. The Morgan fingerprint density at radius 2 is 2.14 bits per heavy atom. The number of rotatable bonds is 3. The Bertz CT molecular complexity index is 774. The van der Waals surface area contributed by atoms with Crippen LogP contribution in [0.5, 0.6) is 0 Å². The number of anilines is 1. The molecule has 8 nitrogen and oxygen atoms in total. The van der Waals surface area contributed by atoms with E-state index in [1.807, 2.05) is 6.92 Å². The fourth-order valence-electron chi connectivity index (χ4n) is 1.80. The van der Waals surface area contributed by atoms with Gasteiger partial charge in [-0.25, -0.2) is 4.98 Å². The first kappa shape index (κ1) is 13.0. The molecule has 0 aliphatic carbocycles. The van der Waals surface area contributed by atoms with E-state index >= 15 is 0 Å². The van der Waals surface area contributed by atoms with Gasteiger partial charge < -0.3 is 9.84 Å². The molecule has 0 atom stereocenters. The maximum absolute atomic E-state index is 12.0. The summed E-state index contributed by atoms with van der Waals surface area (Å²) in [5.41, 5.74) is 0.192. The minimum absolute atomic E-state index is 0.192. The Balaban J connectivity index is 1.78. The standard InChI is InChI=1S/C13H12N6O2/c1-8-7-11(18-21-8)15-13(20)10-3-4-12(17-16-10)19-6-5-14-9(19)2/h3-7H,1-2H3,(H,15,18,20). The van der Waals surface area contributed by atoms with Crippen LogP contribution >= 0.6 is 0 Å². The summed E-state index contributed by atoms with van der Waals surface area (Å²) in [7, 11) is 0. The van der Waals surface area contributed by atoms with Crippen molar-refractivity contribution in [3.8, 4) is 5.82 Å². The maximum atomic E-state index is 12.0. The SMILES string of the molecule is Cc1cc(NC(=O)c2ccc(-n3ccnc3C)nn2)no1. The molecule has 106 valence electrons. The van der Waals surface area contributed by atoms with Gasteiger partial charge in [0.1, 0.15) is 11.6 Å². The molecule has 3 aromatic heterocycles. The van der Waals surface area contributed by atoms with Crippen LogP contribution in [0.2, 0.25) is 0 Å². The van der Waals surface area contributed by atoms with Gasteiger partial charge in [-0.15, -0.1) is 10.2 Å². The number of imidazole rings is 1. The van der Waals surface area contributed by atoms with Crippen molar-refractivity contribution < 1.29 is 9.32 Å². The third kappa shape index (κ3) is 2.64. The fourth-order valence-corrected chi connectivity index (χ4v) is 1.80. The monoisotopic (exact) mass is 284 g/mol. The van der Waals surface area contributed by atoms with Crippen molar-refractivity contribution in [3.63, 3.8) is 0 Å². The zero-order valence-corrected chi connectivity index (χ0v) is 11.4. The lowest BCUT2D eigenvalue weighted by Gasteiger charge is -2.04. The van der Waals surface area contributed by atoms with Gasteiger partial charge in [0, 0.05) is 18.5 Å². The zero-order valence-electron chi connectivity index (χ0n) is 11.4. The number of nitrogens with zero attached hydrogens (tertiary/aromatic N) is 5. The van der Waals surface area contributed by atoms with Crippen molar-refractivity contribution in [2.45, 2.75) is 13.8 Å². The van der Waals surface area contributed by atoms with Gasteiger partial charge in [-0.3, -0.25) is 9.36 Å². The van der Waals surface area contributed by atoms with Crippen LogP contribution in [0, 0.1) is 13.8 Å². The van der Waals surface area contributed by atoms with Crippen LogP contribution < -0.4 is 5.32 Å². The van der Waals surface area contributed by atoms with Crippen molar-refractivity contribution in [1.29, 1.82) is 0 Å². The summed E-state index contributed by atoms with van der Waals surface area (Å²) in [6.45, 7) is 3.60. The first-order valence-corrected chi connectivity index (χ1v) is 6.22. The van der Waals surface area contributed by atoms with E-state index in [2.05, 4.69) is 25.7 Å². The molecule has 0 saturated heterocycles. The summed E-state index contributed by atoms with van der Waals surface area (Å²) in [5.74, 6) is 1.94. The summed E-state index contributed by atoms with van der Waals surface area (Å²) in [6, 6.07) is 4.91. The highest BCUT2D eigenvalue weighted by Crippen LogP contribution is 2.10. The molecule has 0 saturated carbocycles. The molecule has 0 aliphatic heterocycles. The van der Waals surface area contributed by atoms with E-state index in [1.165, 1.54) is 0 Å². The molecular weight excluding hydrogens is 272 g/mol. The van der Waals surface area contributed by atoms with Crippen LogP contribution in [0.4, 0.5) is 5.82 Å². The topological polar surface area (TPSA) is 98.7 Å². The van der Waals surface area contributed by atoms with Crippen LogP contribution in [0.3, 0.4) is 0 Å². The predicted molar refractivity (Wildman–Crippen MR) is 73.1 cm³/mol. The summed E-state index contributed by atoms with van der Waals surface area (Å²) >= 11 is 0. The Hall–Kier alpha value is -3.03. The number of hydrogen-bond acceptors (Lipinski definition) is 6. The molecule has 0 fully saturated rings. The second-order valence-electron chi connectivity index (χ2n) is 4.40. The van der Waals surface area contributed by atoms with Gasteiger partial charge in [0.2, 0.25) is 0 Å². The summed E-state index contributed by atoms with van der Waals surface area (Å²) in [5, 5.41) is 14.2. The van der Waals surface area contributed by atoms with E-state index in [-0.39, 0.29) is 5.69 Å². The van der Waals surface area contributed by atoms with E-state index in [9.17, 15) is 4.79 Å². The van der Waals surface area contributed by atoms with Gasteiger partial charge in [0.15, 0.2) is 17.3 Å². The highest BCUT2D eigenvalue weighted by Gasteiger charge is 2.11. The normalized spacial score (nSPS) is 10.6. The number of nitrogens with one attached hydrogen (secondary N) is 1. The average molecular weight is 284 g/mol. The fraction of sp³-hybridized carbons (Fsp3) is 0.154. The third-order valence-corrected chi connectivity index (χ3v) is 2.83. The van der Waals surface area contributed by atoms with E-state index in [0.29, 0.717) is 17.4 Å². The first-order chi connectivity index (χ1) is 10.1. The molecule has 0 bridgehead atoms. The second kappa shape index (κ2) is 5.16. The van der Waals surface area contributed by atoms with E-state index in [1.54, 1.807) is 42.1 Å². The van der Waals surface area contributed by atoms with E-state index in [0.717, 1.165) is 5.82 Å². The highest BCUT2D eigenvalue weighted by atomic mass is 16.5. The summed E-state index contributed by atoms with van der Waals surface area (Å²) in [4.78, 5) is 16.1. The minimum Gasteiger partial charge on any atom is -0.360 e. The van der Waals surface area contributed by atoms with Crippen molar-refractivity contribution in [2.24, 2.45) is 0 Å². The number of carbonyl (C=O) groups is 1. The Morgan fingerprint density at radius 1 is 1.29 bits per heavy atom. The molecule has 3 aromatic rings. The van der Waals surface area contributed by atoms with Crippen molar-refractivity contribution >= 4 is 11.7 Å². The third-order valence-electron chi connectivity index (χ3n) is 2.83. The molecule has 0 aromatic carbocycles. The minimum atomic E-state index is -0.398. The number of hydrogen-bond donors (Lipinski definition) is 1. The maximum Gasteiger partial charge on any atom is 0.277 e. The van der Waals surface area contributed by atoms with Crippen molar-refractivity contribution in [2.75, 3.05) is 5.32 Å². The molecule has 0 spiro atoms. The highest BCUT2D eigenvalue weighted by molar-refractivity contribution is 6.02. The molecule has 21 heavy (non-hydrogen) atoms. The lowest BCUT2D eigenvalue weighted by molar-refractivity contribution is 0.102. The molecule has 3 rings (SSSR count). The predicted octanol–water partition coefficient (Wildman–Crippen LogP) is 1.52. The van der Waals surface area contributed by atoms with Crippen molar-refractivity contribution in [3.05, 3.63) is 47.9 Å². The van der Waals surface area contributed by atoms with Gasteiger partial charge in [0.25, 0.3) is 5.91 Å². The van der Waals surface area contributed by atoms with Crippen LogP contribution in [-0.4, -0.2) is 30.8 Å². The van der Waals surface area contributed by atoms with Gasteiger partial charge in [-0.2, -0.15) is 0 Å². The molecule has 0 aliphatic rings. The molecule has 8 heteroatoms. The Kier molecular flexibility index (Phi) is 3.19.